The Kier molecular flexibility index (Phi) is 4.94. The molecule has 0 radical (unpaired) electrons. The normalized spacial score (nSPS) is 39.8. The van der Waals surface area contributed by atoms with Gasteiger partial charge in [-0.25, -0.2) is 8.88 Å². The lowest BCUT2D eigenvalue weighted by molar-refractivity contribution is -0.219. The second kappa shape index (κ2) is 5.47. The van der Waals surface area contributed by atoms with Crippen molar-refractivity contribution in [3.63, 3.8) is 0 Å². The van der Waals surface area contributed by atoms with Crippen LogP contribution in [-0.2, 0) is 18.2 Å². The molecule has 0 saturated carbocycles. The Hall–Kier alpha value is 0.1000. The zero-order valence-electron chi connectivity index (χ0n) is 9.30. The van der Waals surface area contributed by atoms with E-state index in [2.05, 4.69) is 9.05 Å². The van der Waals surface area contributed by atoms with E-state index in [0.717, 1.165) is 0 Å². The average Bonchev–Trinajstić information content (AvgIpc) is 2.23. The van der Waals surface area contributed by atoms with Crippen molar-refractivity contribution in [1.82, 2.24) is 0 Å². The van der Waals surface area contributed by atoms with Gasteiger partial charge < -0.3 is 39.8 Å². The van der Waals surface area contributed by atoms with E-state index in [1.165, 1.54) is 0 Å². The van der Waals surface area contributed by atoms with E-state index in [4.69, 9.17) is 14.9 Å². The minimum absolute atomic E-state index is 0.756. The number of aliphatic hydroxyl groups excluding tert-OH is 4. The molecule has 5 atom stereocenters. The summed E-state index contributed by atoms with van der Waals surface area (Å²) in [6, 6.07) is 0. The summed E-state index contributed by atoms with van der Waals surface area (Å²) in [6.45, 7) is -2.14. The van der Waals surface area contributed by atoms with Gasteiger partial charge >= 0.3 is 15.4 Å². The van der Waals surface area contributed by atoms with Gasteiger partial charge in [-0.3, -0.25) is 4.57 Å². The first-order chi connectivity index (χ1) is 8.47. The van der Waals surface area contributed by atoms with Gasteiger partial charge in [-0.2, -0.15) is 0 Å². The van der Waals surface area contributed by atoms with E-state index in [9.17, 15) is 29.3 Å². The second-order valence-corrected chi connectivity index (χ2v) is 7.34. The highest BCUT2D eigenvalue weighted by atomic mass is 31.3. The summed E-state index contributed by atoms with van der Waals surface area (Å²) in [5.74, 6) is 0. The van der Waals surface area contributed by atoms with Crippen molar-refractivity contribution in [2.75, 3.05) is 13.2 Å². The van der Waals surface area contributed by atoms with Crippen LogP contribution in [0.15, 0.2) is 0 Å². The Labute approximate surface area is 106 Å². The largest absolute Gasteiger partial charge is 0.476 e. The summed E-state index contributed by atoms with van der Waals surface area (Å²) >= 11 is 0. The summed E-state index contributed by atoms with van der Waals surface area (Å²) in [5.41, 5.74) is 0. The zero-order valence-corrected chi connectivity index (χ0v) is 11.1. The molecule has 0 aromatic carbocycles. The highest BCUT2D eigenvalue weighted by Crippen LogP contribution is 2.66. The zero-order chi connectivity index (χ0) is 15.1. The molecule has 13 heteroatoms. The number of rotatable bonds is 4. The lowest BCUT2D eigenvalue weighted by Crippen LogP contribution is -2.62. The van der Waals surface area contributed by atoms with Gasteiger partial charge in [0, 0.05) is 0 Å². The van der Waals surface area contributed by atoms with Crippen LogP contribution in [0, 0.1) is 0 Å². The van der Waals surface area contributed by atoms with Crippen LogP contribution in [-0.4, -0.2) is 72.0 Å². The first-order valence-electron chi connectivity index (χ1n) is 4.85. The molecule has 0 aromatic heterocycles. The molecule has 0 spiro atoms. The molecule has 1 heterocycles. The van der Waals surface area contributed by atoms with Crippen molar-refractivity contribution < 1.29 is 53.3 Å². The van der Waals surface area contributed by atoms with Gasteiger partial charge in [0.15, 0.2) is 0 Å². The predicted molar refractivity (Wildman–Crippen MR) is 56.7 cm³/mol. The molecule has 0 amide bonds. The van der Waals surface area contributed by atoms with Gasteiger partial charge in [0.25, 0.3) is 0 Å². The van der Waals surface area contributed by atoms with E-state index in [1.807, 2.05) is 0 Å². The number of hydrogen-bond acceptors (Lipinski definition) is 8. The monoisotopic (exact) mass is 324 g/mol. The minimum atomic E-state index is -5.43. The molecule has 7 N–H and O–H groups in total. The summed E-state index contributed by atoms with van der Waals surface area (Å²) in [5, 5.41) is 34.5. The fourth-order valence-electron chi connectivity index (χ4n) is 1.58. The fourth-order valence-corrected chi connectivity index (χ4v) is 4.19. The Morgan fingerprint density at radius 2 is 1.74 bits per heavy atom. The van der Waals surface area contributed by atoms with E-state index >= 15 is 0 Å². The molecule has 0 bridgehead atoms. The second-order valence-electron chi connectivity index (χ2n) is 3.91. The third-order valence-corrected chi connectivity index (χ3v) is 5.83. The smallest absolute Gasteiger partial charge is 0.393 e. The van der Waals surface area contributed by atoms with Crippen molar-refractivity contribution in [3.8, 4) is 0 Å². The van der Waals surface area contributed by atoms with E-state index in [1.54, 1.807) is 0 Å². The molecule has 1 saturated heterocycles. The number of hydrogen-bond donors (Lipinski definition) is 7. The van der Waals surface area contributed by atoms with Crippen LogP contribution >= 0.6 is 15.4 Å². The molecule has 0 aromatic rings. The molecule has 19 heavy (non-hydrogen) atoms. The van der Waals surface area contributed by atoms with Gasteiger partial charge in [-0.1, -0.05) is 0 Å². The van der Waals surface area contributed by atoms with Crippen molar-refractivity contribution in [2.24, 2.45) is 0 Å². The SMILES string of the molecule is O=P(O)(O)OP(=O)(O)[C@]1(CO)OC[C@H](O)[C@@H](O)[C@@H]1O. The summed E-state index contributed by atoms with van der Waals surface area (Å²) in [7, 11) is -10.8. The molecule has 1 fully saturated rings. The number of ether oxygens (including phenoxy) is 1. The summed E-state index contributed by atoms with van der Waals surface area (Å²) < 4.78 is 30.7. The molecular weight excluding hydrogens is 310 g/mol. The maximum Gasteiger partial charge on any atom is 0.476 e. The van der Waals surface area contributed by atoms with Crippen LogP contribution < -0.4 is 0 Å². The lowest BCUT2D eigenvalue weighted by atomic mass is 10.00. The van der Waals surface area contributed by atoms with Crippen LogP contribution in [0.1, 0.15) is 0 Å². The van der Waals surface area contributed by atoms with Crippen LogP contribution in [0.2, 0.25) is 0 Å². The summed E-state index contributed by atoms with van der Waals surface area (Å²) in [6.07, 6.45) is -5.88. The van der Waals surface area contributed by atoms with Crippen LogP contribution in [0.4, 0.5) is 0 Å². The molecule has 1 aliphatic rings. The fraction of sp³-hybridized carbons (Fsp3) is 1.00. The predicted octanol–water partition coefficient (Wildman–Crippen LogP) is -2.92. The Bertz CT molecular complexity index is 419. The molecule has 1 rings (SSSR count). The van der Waals surface area contributed by atoms with Gasteiger partial charge in [-0.15, -0.1) is 0 Å². The van der Waals surface area contributed by atoms with Gasteiger partial charge in [0.2, 0.25) is 5.34 Å². The third kappa shape index (κ3) is 3.23. The molecule has 1 unspecified atom stereocenters. The van der Waals surface area contributed by atoms with Gasteiger partial charge in [0.1, 0.15) is 18.3 Å². The Morgan fingerprint density at radius 3 is 2.16 bits per heavy atom. The highest BCUT2D eigenvalue weighted by Gasteiger charge is 2.63. The molecule has 114 valence electrons. The highest BCUT2D eigenvalue weighted by molar-refractivity contribution is 7.64. The first-order valence-corrected chi connectivity index (χ1v) is 7.96. The van der Waals surface area contributed by atoms with Crippen LogP contribution in [0.5, 0.6) is 0 Å². The lowest BCUT2D eigenvalue weighted by Gasteiger charge is -2.44. The Morgan fingerprint density at radius 1 is 1.21 bits per heavy atom. The van der Waals surface area contributed by atoms with Crippen molar-refractivity contribution in [1.29, 1.82) is 0 Å². The topological polar surface area (TPSA) is 194 Å². The van der Waals surface area contributed by atoms with Gasteiger partial charge in [-0.05, 0) is 0 Å². The van der Waals surface area contributed by atoms with Gasteiger partial charge in [0.05, 0.1) is 13.2 Å². The molecule has 0 aliphatic carbocycles. The van der Waals surface area contributed by atoms with Crippen molar-refractivity contribution in [3.05, 3.63) is 0 Å². The maximum atomic E-state index is 11.8. The average molecular weight is 324 g/mol. The maximum absolute atomic E-state index is 11.8. The third-order valence-electron chi connectivity index (χ3n) is 2.61. The van der Waals surface area contributed by atoms with E-state index in [0.29, 0.717) is 0 Å². The number of phosphoric acid groups is 1. The molecular formula is C6H14O11P2. The van der Waals surface area contributed by atoms with Crippen molar-refractivity contribution >= 4 is 15.4 Å². The minimum Gasteiger partial charge on any atom is -0.393 e. The molecule has 11 nitrogen and oxygen atoms in total. The standard InChI is InChI=1S/C6H14O11P2/c7-2-6(18(11,12)17-19(13,14)15)5(10)4(9)3(8)1-16-6/h3-5,7-10H,1-2H2,(H,11,12)(H2,13,14,15)/t3-,4+,5-,6-/m0/s1. The van der Waals surface area contributed by atoms with E-state index < -0.39 is 52.3 Å². The quantitative estimate of drug-likeness (QED) is 0.262. The molecule has 1 aliphatic heterocycles. The Balaban J connectivity index is 3.17. The number of aliphatic hydroxyl groups is 4. The van der Waals surface area contributed by atoms with Crippen molar-refractivity contribution in [2.45, 2.75) is 23.7 Å². The van der Waals surface area contributed by atoms with Crippen LogP contribution in [0.3, 0.4) is 0 Å². The summed E-state index contributed by atoms with van der Waals surface area (Å²) in [4.78, 5) is 26.6. The van der Waals surface area contributed by atoms with E-state index in [-0.39, 0.29) is 0 Å². The van der Waals surface area contributed by atoms with Crippen LogP contribution in [0.25, 0.3) is 0 Å². The first kappa shape index (κ1) is 17.2.